The van der Waals surface area contributed by atoms with E-state index in [4.69, 9.17) is 9.47 Å². The van der Waals surface area contributed by atoms with Gasteiger partial charge in [0.15, 0.2) is 0 Å². The molecule has 0 amide bonds. The monoisotopic (exact) mass is 310 g/mol. The zero-order valence-electron chi connectivity index (χ0n) is 14.0. The highest BCUT2D eigenvalue weighted by atomic mass is 16.5. The fraction of sp³-hybridized carbons (Fsp3) is 0.588. The molecule has 0 aliphatic heterocycles. The second-order valence-electron chi connectivity index (χ2n) is 4.63. The minimum atomic E-state index is -0.213. The summed E-state index contributed by atoms with van der Waals surface area (Å²) in [6, 6.07) is 9.16. The maximum atomic E-state index is 11.9. The van der Waals surface area contributed by atoms with Gasteiger partial charge in [0.2, 0.25) is 0 Å². The molecule has 5 heteroatoms. The third kappa shape index (κ3) is 7.54. The van der Waals surface area contributed by atoms with Crippen LogP contribution in [0.1, 0.15) is 43.0 Å². The molecule has 2 rings (SSSR count). The van der Waals surface area contributed by atoms with Gasteiger partial charge in [0.1, 0.15) is 6.10 Å². The van der Waals surface area contributed by atoms with E-state index in [0.29, 0.717) is 11.7 Å². The smallest absolute Gasteiger partial charge is 0.338 e. The van der Waals surface area contributed by atoms with Gasteiger partial charge in [-0.2, -0.15) is 0 Å². The second kappa shape index (κ2) is 13.2. The number of nitrogens with two attached hydrogens (primary N) is 2. The molecule has 126 valence electrons. The fourth-order valence-corrected chi connectivity index (χ4v) is 2.35. The molecule has 0 aromatic heterocycles. The Hall–Kier alpha value is -1.43. The van der Waals surface area contributed by atoms with Gasteiger partial charge in [-0.1, -0.05) is 18.2 Å². The molecular weight excluding hydrogens is 280 g/mol. The first-order valence-corrected chi connectivity index (χ1v) is 7.82. The van der Waals surface area contributed by atoms with Gasteiger partial charge in [-0.25, -0.2) is 4.79 Å². The Kier molecular flexibility index (Phi) is 12.4. The molecule has 0 bridgehead atoms. The van der Waals surface area contributed by atoms with Crippen LogP contribution in [0.5, 0.6) is 0 Å². The van der Waals surface area contributed by atoms with E-state index in [2.05, 4.69) is 11.5 Å². The molecule has 1 saturated carbocycles. The van der Waals surface area contributed by atoms with Crippen molar-refractivity contribution in [3.05, 3.63) is 35.9 Å². The average Bonchev–Trinajstić information content (AvgIpc) is 2.61. The molecule has 0 spiro atoms. The molecule has 4 N–H and O–H groups in total. The van der Waals surface area contributed by atoms with Crippen molar-refractivity contribution in [3.8, 4) is 0 Å². The van der Waals surface area contributed by atoms with Crippen LogP contribution in [0.2, 0.25) is 0 Å². The average molecular weight is 310 g/mol. The maximum Gasteiger partial charge on any atom is 0.338 e. The number of hydrogen-bond donors (Lipinski definition) is 2. The Balaban J connectivity index is 0.00000102. The van der Waals surface area contributed by atoms with Crippen LogP contribution in [0.4, 0.5) is 0 Å². The zero-order chi connectivity index (χ0) is 16.8. The van der Waals surface area contributed by atoms with E-state index in [0.717, 1.165) is 32.3 Å². The van der Waals surface area contributed by atoms with Gasteiger partial charge in [-0.15, -0.1) is 0 Å². The minimum Gasteiger partial charge on any atom is -0.459 e. The summed E-state index contributed by atoms with van der Waals surface area (Å²) in [5.41, 5.74) is 9.63. The number of carbonyl (C=O) groups is 1. The SMILES string of the molecule is CCOC1CCC(OC(=O)c2ccccc2)CC1.CN.CN. The van der Waals surface area contributed by atoms with Crippen LogP contribution >= 0.6 is 0 Å². The third-order valence-corrected chi connectivity index (χ3v) is 3.31. The Bertz CT molecular complexity index is 377. The molecule has 0 radical (unpaired) electrons. The van der Waals surface area contributed by atoms with Crippen molar-refractivity contribution in [2.24, 2.45) is 11.5 Å². The first kappa shape index (κ1) is 20.6. The van der Waals surface area contributed by atoms with Crippen molar-refractivity contribution in [1.82, 2.24) is 0 Å². The van der Waals surface area contributed by atoms with Crippen LogP contribution < -0.4 is 11.5 Å². The first-order chi connectivity index (χ1) is 10.8. The summed E-state index contributed by atoms with van der Waals surface area (Å²) in [4.78, 5) is 11.9. The second-order valence-corrected chi connectivity index (χ2v) is 4.63. The van der Waals surface area contributed by atoms with Crippen molar-refractivity contribution >= 4 is 5.97 Å². The van der Waals surface area contributed by atoms with Gasteiger partial charge < -0.3 is 20.9 Å². The standard InChI is InChI=1S/C15H20O3.2CH5N/c1-2-17-13-8-10-14(11-9-13)18-15(16)12-6-4-3-5-7-12;2*1-2/h3-7,13-14H,2,8-11H2,1H3;2*2H2,1H3. The molecule has 22 heavy (non-hydrogen) atoms. The molecule has 5 nitrogen and oxygen atoms in total. The van der Waals surface area contributed by atoms with Crippen LogP contribution in [0, 0.1) is 0 Å². The van der Waals surface area contributed by atoms with Gasteiger partial charge in [-0.3, -0.25) is 0 Å². The number of rotatable bonds is 4. The molecule has 0 unspecified atom stereocenters. The maximum absolute atomic E-state index is 11.9. The molecule has 0 atom stereocenters. The lowest BCUT2D eigenvalue weighted by Crippen LogP contribution is -2.28. The molecule has 1 aromatic rings. The van der Waals surface area contributed by atoms with Crippen molar-refractivity contribution < 1.29 is 14.3 Å². The number of hydrogen-bond acceptors (Lipinski definition) is 5. The Labute approximate surface area is 134 Å². The minimum absolute atomic E-state index is 0.0504. The number of benzene rings is 1. The third-order valence-electron chi connectivity index (χ3n) is 3.31. The highest BCUT2D eigenvalue weighted by Crippen LogP contribution is 2.24. The largest absolute Gasteiger partial charge is 0.459 e. The summed E-state index contributed by atoms with van der Waals surface area (Å²) < 4.78 is 11.1. The van der Waals surface area contributed by atoms with Crippen molar-refractivity contribution in [3.63, 3.8) is 0 Å². The number of ether oxygens (including phenoxy) is 2. The zero-order valence-corrected chi connectivity index (χ0v) is 14.0. The van der Waals surface area contributed by atoms with Crippen LogP contribution in [0.3, 0.4) is 0 Å². The first-order valence-electron chi connectivity index (χ1n) is 7.82. The molecule has 1 fully saturated rings. The highest BCUT2D eigenvalue weighted by Gasteiger charge is 2.24. The van der Waals surface area contributed by atoms with Gasteiger partial charge >= 0.3 is 5.97 Å². The van der Waals surface area contributed by atoms with Crippen molar-refractivity contribution in [2.75, 3.05) is 20.7 Å². The van der Waals surface area contributed by atoms with Crippen LogP contribution in [0.25, 0.3) is 0 Å². The number of carbonyl (C=O) groups excluding carboxylic acids is 1. The summed E-state index contributed by atoms with van der Waals surface area (Å²) in [6.07, 6.45) is 4.18. The topological polar surface area (TPSA) is 87.6 Å². The van der Waals surface area contributed by atoms with Crippen LogP contribution in [-0.2, 0) is 9.47 Å². The van der Waals surface area contributed by atoms with E-state index >= 15 is 0 Å². The van der Waals surface area contributed by atoms with E-state index in [9.17, 15) is 4.79 Å². The summed E-state index contributed by atoms with van der Waals surface area (Å²) in [6.45, 7) is 2.78. The summed E-state index contributed by atoms with van der Waals surface area (Å²) in [5, 5.41) is 0. The Morgan fingerprint density at radius 1 is 1.00 bits per heavy atom. The lowest BCUT2D eigenvalue weighted by molar-refractivity contribution is -0.0163. The summed E-state index contributed by atoms with van der Waals surface area (Å²) >= 11 is 0. The molecular formula is C17H30N2O3. The number of esters is 1. The van der Waals surface area contributed by atoms with Crippen LogP contribution in [-0.4, -0.2) is 38.9 Å². The van der Waals surface area contributed by atoms with E-state index in [1.807, 2.05) is 25.1 Å². The fourth-order valence-electron chi connectivity index (χ4n) is 2.35. The van der Waals surface area contributed by atoms with Crippen molar-refractivity contribution in [1.29, 1.82) is 0 Å². The molecule has 1 aromatic carbocycles. The predicted octanol–water partition coefficient (Wildman–Crippen LogP) is 2.34. The van der Waals surface area contributed by atoms with E-state index in [1.165, 1.54) is 14.1 Å². The lowest BCUT2D eigenvalue weighted by atomic mass is 9.95. The molecule has 0 saturated heterocycles. The van der Waals surface area contributed by atoms with Gasteiger partial charge in [0, 0.05) is 6.61 Å². The lowest BCUT2D eigenvalue weighted by Gasteiger charge is -2.28. The van der Waals surface area contributed by atoms with Crippen LogP contribution in [0.15, 0.2) is 30.3 Å². The predicted molar refractivity (Wildman–Crippen MR) is 89.8 cm³/mol. The summed E-state index contributed by atoms with van der Waals surface area (Å²) in [5.74, 6) is -0.213. The van der Waals surface area contributed by atoms with Gasteiger partial charge in [0.25, 0.3) is 0 Å². The highest BCUT2D eigenvalue weighted by molar-refractivity contribution is 5.89. The Morgan fingerprint density at radius 3 is 2.00 bits per heavy atom. The normalized spacial score (nSPS) is 19.9. The quantitative estimate of drug-likeness (QED) is 0.833. The van der Waals surface area contributed by atoms with E-state index in [1.54, 1.807) is 12.1 Å². The molecule has 0 heterocycles. The van der Waals surface area contributed by atoms with Crippen molar-refractivity contribution in [2.45, 2.75) is 44.8 Å². The molecule has 1 aliphatic rings. The van der Waals surface area contributed by atoms with Gasteiger partial charge in [-0.05, 0) is 58.8 Å². The summed E-state index contributed by atoms with van der Waals surface area (Å²) in [7, 11) is 3.00. The van der Waals surface area contributed by atoms with E-state index in [-0.39, 0.29) is 12.1 Å². The Morgan fingerprint density at radius 2 is 1.50 bits per heavy atom. The van der Waals surface area contributed by atoms with Gasteiger partial charge in [0.05, 0.1) is 11.7 Å². The molecule has 1 aliphatic carbocycles. The van der Waals surface area contributed by atoms with E-state index < -0.39 is 0 Å².